The molecule has 3 N–H and O–H groups in total. The lowest BCUT2D eigenvalue weighted by Gasteiger charge is -2.10. The molecule has 9 nitrogen and oxygen atoms in total. The van der Waals surface area contributed by atoms with Gasteiger partial charge in [-0.05, 0) is 54.8 Å². The molecule has 172 valence electrons. The summed E-state index contributed by atoms with van der Waals surface area (Å²) in [6.45, 7) is 0. The van der Waals surface area contributed by atoms with Gasteiger partial charge in [0.2, 0.25) is 5.95 Å². The topological polar surface area (TPSA) is 127 Å². The van der Waals surface area contributed by atoms with Crippen molar-refractivity contribution in [1.82, 2.24) is 24.6 Å². The molecule has 5 rings (SSSR count). The molecule has 0 fully saturated rings. The molecule has 0 saturated carbocycles. The van der Waals surface area contributed by atoms with Crippen LogP contribution in [0.1, 0.15) is 5.56 Å². The van der Waals surface area contributed by atoms with Gasteiger partial charge in [-0.3, -0.25) is 4.98 Å². The highest BCUT2D eigenvalue weighted by Gasteiger charge is 2.20. The summed E-state index contributed by atoms with van der Waals surface area (Å²) in [7, 11) is 0. The van der Waals surface area contributed by atoms with E-state index in [0.717, 1.165) is 5.69 Å². The third-order valence-electron chi connectivity index (χ3n) is 5.03. The molecule has 0 bridgehead atoms. The summed E-state index contributed by atoms with van der Waals surface area (Å²) in [5.74, 6) is 2.04. The van der Waals surface area contributed by atoms with Crippen molar-refractivity contribution < 1.29 is 4.74 Å². The molecular weight excluding hydrogens is 484 g/mol. The lowest BCUT2D eigenvalue weighted by atomic mass is 10.1. The summed E-state index contributed by atoms with van der Waals surface area (Å²) in [4.78, 5) is 13.0. The Morgan fingerprint density at radius 2 is 1.80 bits per heavy atom. The van der Waals surface area contributed by atoms with Crippen LogP contribution in [0.5, 0.6) is 11.5 Å². The van der Waals surface area contributed by atoms with Gasteiger partial charge >= 0.3 is 0 Å². The van der Waals surface area contributed by atoms with Crippen molar-refractivity contribution in [2.24, 2.45) is 0 Å². The summed E-state index contributed by atoms with van der Waals surface area (Å²) < 4.78 is 7.33. The SMILES string of the molecule is CSc1nc2nc(Nc3ccc(Oc4ccncc4)cc3)nn2c(-c2ccc(N)c(Cl)c2)c1C#N. The molecular formula is C24H17ClN8OS. The minimum Gasteiger partial charge on any atom is -0.457 e. The number of benzene rings is 2. The van der Waals surface area contributed by atoms with Crippen LogP contribution >= 0.6 is 23.4 Å². The summed E-state index contributed by atoms with van der Waals surface area (Å²) in [5, 5.41) is 18.6. The number of anilines is 3. The van der Waals surface area contributed by atoms with Gasteiger partial charge < -0.3 is 15.8 Å². The summed E-state index contributed by atoms with van der Waals surface area (Å²) in [6, 6.07) is 18.4. The van der Waals surface area contributed by atoms with E-state index in [0.29, 0.717) is 55.8 Å². The van der Waals surface area contributed by atoms with E-state index in [1.165, 1.54) is 16.3 Å². The molecule has 5 aromatic rings. The number of halogens is 1. The summed E-state index contributed by atoms with van der Waals surface area (Å²) in [5.41, 5.74) is 8.67. The molecule has 3 aromatic heterocycles. The highest BCUT2D eigenvalue weighted by molar-refractivity contribution is 7.98. The molecule has 3 heterocycles. The standard InChI is InChI=1S/C24H17ClN8OS/c1-35-22-18(13-26)21(14-2-7-20(27)19(25)12-14)33-24(30-22)31-23(32-33)29-15-3-5-16(6-4-15)34-17-8-10-28-11-9-17/h2-12H,27H2,1H3,(H,29,32). The lowest BCUT2D eigenvalue weighted by molar-refractivity contribution is 0.482. The normalized spacial score (nSPS) is 10.8. The Bertz CT molecular complexity index is 1570. The molecule has 11 heteroatoms. The maximum Gasteiger partial charge on any atom is 0.255 e. The molecule has 0 spiro atoms. The smallest absolute Gasteiger partial charge is 0.255 e. The molecule has 0 unspecified atom stereocenters. The van der Waals surface area contributed by atoms with E-state index in [4.69, 9.17) is 22.1 Å². The van der Waals surface area contributed by atoms with Gasteiger partial charge in [-0.25, -0.2) is 4.98 Å². The highest BCUT2D eigenvalue weighted by Crippen LogP contribution is 2.33. The van der Waals surface area contributed by atoms with Gasteiger partial charge in [0, 0.05) is 23.6 Å². The van der Waals surface area contributed by atoms with Crippen LogP contribution < -0.4 is 15.8 Å². The number of pyridine rings is 1. The molecule has 0 amide bonds. The van der Waals surface area contributed by atoms with Crippen molar-refractivity contribution in [3.8, 4) is 28.8 Å². The van der Waals surface area contributed by atoms with Crippen molar-refractivity contribution in [3.63, 3.8) is 0 Å². The first-order chi connectivity index (χ1) is 17.1. The van der Waals surface area contributed by atoms with Crippen LogP contribution in [-0.4, -0.2) is 30.8 Å². The number of nitrogens with two attached hydrogens (primary N) is 1. The number of nitriles is 1. The molecule has 0 radical (unpaired) electrons. The van der Waals surface area contributed by atoms with Crippen molar-refractivity contribution >= 4 is 46.5 Å². The Morgan fingerprint density at radius 3 is 2.49 bits per heavy atom. The fourth-order valence-electron chi connectivity index (χ4n) is 3.40. The van der Waals surface area contributed by atoms with Crippen LogP contribution in [-0.2, 0) is 0 Å². The Kier molecular flexibility index (Phi) is 6.10. The van der Waals surface area contributed by atoms with Crippen LogP contribution in [0.25, 0.3) is 17.0 Å². The van der Waals surface area contributed by atoms with Gasteiger partial charge in [-0.15, -0.1) is 16.9 Å². The quantitative estimate of drug-likeness (QED) is 0.175. The number of nitrogens with zero attached hydrogens (tertiary/aromatic N) is 6. The van der Waals surface area contributed by atoms with Gasteiger partial charge in [0.1, 0.15) is 28.2 Å². The third-order valence-corrected chi connectivity index (χ3v) is 6.04. The molecule has 35 heavy (non-hydrogen) atoms. The molecule has 0 saturated heterocycles. The van der Waals surface area contributed by atoms with Crippen LogP contribution in [0, 0.1) is 11.3 Å². The highest BCUT2D eigenvalue weighted by atomic mass is 35.5. The number of thioether (sulfide) groups is 1. The number of nitrogens with one attached hydrogen (secondary N) is 1. The minimum atomic E-state index is 0.324. The molecule has 0 aliphatic heterocycles. The fraction of sp³-hybridized carbons (Fsp3) is 0.0417. The van der Waals surface area contributed by atoms with E-state index in [2.05, 4.69) is 31.4 Å². The zero-order valence-electron chi connectivity index (χ0n) is 18.3. The lowest BCUT2D eigenvalue weighted by Crippen LogP contribution is -2.03. The van der Waals surface area contributed by atoms with Gasteiger partial charge in [0.05, 0.1) is 16.4 Å². The first-order valence-electron chi connectivity index (χ1n) is 10.3. The molecule has 0 aliphatic rings. The number of ether oxygens (including phenoxy) is 1. The zero-order valence-corrected chi connectivity index (χ0v) is 19.9. The van der Waals surface area contributed by atoms with Crippen LogP contribution in [0.3, 0.4) is 0 Å². The number of hydrogen-bond acceptors (Lipinski definition) is 9. The second kappa shape index (κ2) is 9.50. The Hall–Kier alpha value is -4.33. The molecule has 2 aromatic carbocycles. The van der Waals surface area contributed by atoms with Gasteiger partial charge in [-0.2, -0.15) is 14.8 Å². The van der Waals surface area contributed by atoms with E-state index >= 15 is 0 Å². The number of aromatic nitrogens is 5. The first kappa shape index (κ1) is 22.5. The van der Waals surface area contributed by atoms with Crippen molar-refractivity contribution in [3.05, 3.63) is 77.6 Å². The number of fused-ring (bicyclic) bond motifs is 1. The largest absolute Gasteiger partial charge is 0.457 e. The predicted molar refractivity (Wildman–Crippen MR) is 136 cm³/mol. The van der Waals surface area contributed by atoms with Crippen molar-refractivity contribution in [2.45, 2.75) is 5.03 Å². The predicted octanol–water partition coefficient (Wildman–Crippen LogP) is 5.55. The van der Waals surface area contributed by atoms with Crippen LogP contribution in [0.15, 0.2) is 72.0 Å². The monoisotopic (exact) mass is 500 g/mol. The number of hydrogen-bond donors (Lipinski definition) is 2. The number of nitrogen functional groups attached to an aromatic ring is 1. The zero-order chi connectivity index (χ0) is 24.4. The van der Waals surface area contributed by atoms with E-state index in [-0.39, 0.29) is 0 Å². The van der Waals surface area contributed by atoms with Crippen LogP contribution in [0.2, 0.25) is 5.02 Å². The maximum absolute atomic E-state index is 9.90. The van der Waals surface area contributed by atoms with Crippen molar-refractivity contribution in [2.75, 3.05) is 17.3 Å². The van der Waals surface area contributed by atoms with Crippen LogP contribution in [0.4, 0.5) is 17.3 Å². The van der Waals surface area contributed by atoms with Gasteiger partial charge in [0.15, 0.2) is 0 Å². The first-order valence-corrected chi connectivity index (χ1v) is 11.9. The molecule has 0 atom stereocenters. The molecule has 0 aliphatic carbocycles. The summed E-state index contributed by atoms with van der Waals surface area (Å²) in [6.07, 6.45) is 5.19. The average molecular weight is 501 g/mol. The average Bonchev–Trinajstić information content (AvgIpc) is 3.28. The van der Waals surface area contributed by atoms with Crippen molar-refractivity contribution in [1.29, 1.82) is 5.26 Å². The Labute approximate surface area is 209 Å². The fourth-order valence-corrected chi connectivity index (χ4v) is 4.10. The van der Waals surface area contributed by atoms with E-state index in [9.17, 15) is 5.26 Å². The third kappa shape index (κ3) is 4.55. The summed E-state index contributed by atoms with van der Waals surface area (Å²) >= 11 is 7.62. The second-order valence-corrected chi connectivity index (χ2v) is 8.48. The van der Waals surface area contributed by atoms with Gasteiger partial charge in [-0.1, -0.05) is 17.7 Å². The van der Waals surface area contributed by atoms with E-state index in [1.54, 1.807) is 42.7 Å². The number of rotatable bonds is 6. The Morgan fingerprint density at radius 1 is 1.06 bits per heavy atom. The second-order valence-electron chi connectivity index (χ2n) is 7.27. The minimum absolute atomic E-state index is 0.324. The van der Waals surface area contributed by atoms with Gasteiger partial charge in [0.25, 0.3) is 5.78 Å². The van der Waals surface area contributed by atoms with E-state index in [1.807, 2.05) is 30.5 Å². The van der Waals surface area contributed by atoms with E-state index < -0.39 is 0 Å². The Balaban J connectivity index is 1.50. The maximum atomic E-state index is 9.90.